The number of benzene rings is 2. The van der Waals surface area contributed by atoms with Crippen molar-refractivity contribution < 1.29 is 4.79 Å². The van der Waals surface area contributed by atoms with E-state index in [-0.39, 0.29) is 6.03 Å². The molecule has 0 aliphatic carbocycles. The van der Waals surface area contributed by atoms with E-state index in [4.69, 9.17) is 0 Å². The van der Waals surface area contributed by atoms with Crippen molar-refractivity contribution in [2.24, 2.45) is 0 Å². The fourth-order valence-corrected chi connectivity index (χ4v) is 4.18. The van der Waals surface area contributed by atoms with Crippen molar-refractivity contribution in [3.8, 4) is 0 Å². The van der Waals surface area contributed by atoms with E-state index < -0.39 is 0 Å². The fraction of sp³-hybridized carbons (Fsp3) is 0.409. The largest absolute Gasteiger partial charge is 0.329 e. The number of para-hydroxylation sites is 2. The summed E-state index contributed by atoms with van der Waals surface area (Å²) in [5.74, 6) is 0. The van der Waals surface area contributed by atoms with Crippen molar-refractivity contribution >= 4 is 17.4 Å². The summed E-state index contributed by atoms with van der Waals surface area (Å²) in [5, 5.41) is 0. The molecule has 4 heteroatoms. The molecule has 0 radical (unpaired) electrons. The summed E-state index contributed by atoms with van der Waals surface area (Å²) in [7, 11) is 4.12. The quantitative estimate of drug-likeness (QED) is 0.776. The van der Waals surface area contributed by atoms with Gasteiger partial charge in [-0.2, -0.15) is 0 Å². The number of urea groups is 1. The van der Waals surface area contributed by atoms with Crippen molar-refractivity contribution in [2.75, 3.05) is 32.1 Å². The Hall–Kier alpha value is -2.33. The van der Waals surface area contributed by atoms with Gasteiger partial charge in [0, 0.05) is 13.1 Å². The van der Waals surface area contributed by atoms with E-state index in [0.29, 0.717) is 6.04 Å². The van der Waals surface area contributed by atoms with Crippen LogP contribution in [0.5, 0.6) is 0 Å². The molecule has 136 valence electrons. The Kier molecular flexibility index (Phi) is 4.68. The van der Waals surface area contributed by atoms with Crippen LogP contribution in [0, 0.1) is 0 Å². The second-order valence-corrected chi connectivity index (χ2v) is 7.52. The van der Waals surface area contributed by atoms with Crippen LogP contribution in [0.2, 0.25) is 0 Å². The predicted octanol–water partition coefficient (Wildman–Crippen LogP) is 4.07. The number of hydrogen-bond donors (Lipinski definition) is 0. The maximum absolute atomic E-state index is 13.6. The second kappa shape index (κ2) is 7.12. The summed E-state index contributed by atoms with van der Waals surface area (Å²) in [6.07, 6.45) is 4.01. The number of carbonyl (C=O) groups is 1. The van der Waals surface area contributed by atoms with E-state index in [9.17, 15) is 4.79 Å². The van der Waals surface area contributed by atoms with Gasteiger partial charge in [-0.1, -0.05) is 36.4 Å². The highest BCUT2D eigenvalue weighted by Gasteiger charge is 2.31. The smallest absolute Gasteiger partial charge is 0.324 e. The third kappa shape index (κ3) is 3.10. The lowest BCUT2D eigenvalue weighted by Gasteiger charge is -2.38. The molecule has 2 heterocycles. The van der Waals surface area contributed by atoms with Gasteiger partial charge < -0.3 is 9.80 Å². The topological polar surface area (TPSA) is 26.8 Å². The number of aryl methyl sites for hydroxylation is 2. The first-order valence-electron chi connectivity index (χ1n) is 9.56. The SMILES string of the molecule is CN1CCC(N(C)C(=O)N2c3ccccc3CCc3ccccc32)CC1. The molecule has 0 N–H and O–H groups in total. The summed E-state index contributed by atoms with van der Waals surface area (Å²) >= 11 is 0. The van der Waals surface area contributed by atoms with Crippen LogP contribution in [0.1, 0.15) is 24.0 Å². The van der Waals surface area contributed by atoms with Gasteiger partial charge in [0.2, 0.25) is 0 Å². The molecule has 2 aliphatic heterocycles. The van der Waals surface area contributed by atoms with Crippen LogP contribution in [0.15, 0.2) is 48.5 Å². The first kappa shape index (κ1) is 17.1. The monoisotopic (exact) mass is 349 g/mol. The highest BCUT2D eigenvalue weighted by molar-refractivity contribution is 6.01. The van der Waals surface area contributed by atoms with Gasteiger partial charge >= 0.3 is 6.03 Å². The summed E-state index contributed by atoms with van der Waals surface area (Å²) < 4.78 is 0. The molecule has 2 aromatic carbocycles. The lowest BCUT2D eigenvalue weighted by atomic mass is 10.0. The third-order valence-electron chi connectivity index (χ3n) is 5.86. The summed E-state index contributed by atoms with van der Waals surface area (Å²) in [6.45, 7) is 2.10. The van der Waals surface area contributed by atoms with Crippen molar-refractivity contribution in [2.45, 2.75) is 31.7 Å². The van der Waals surface area contributed by atoms with E-state index >= 15 is 0 Å². The van der Waals surface area contributed by atoms with Gasteiger partial charge in [-0.15, -0.1) is 0 Å². The zero-order valence-electron chi connectivity index (χ0n) is 15.7. The molecule has 0 bridgehead atoms. The summed E-state index contributed by atoms with van der Waals surface area (Å²) in [6, 6.07) is 17.0. The molecular formula is C22H27N3O. The first-order valence-corrected chi connectivity index (χ1v) is 9.56. The van der Waals surface area contributed by atoms with E-state index in [1.807, 2.05) is 29.0 Å². The van der Waals surface area contributed by atoms with Crippen molar-refractivity contribution in [1.29, 1.82) is 0 Å². The molecule has 0 atom stereocenters. The molecule has 0 saturated carbocycles. The Bertz CT molecular complexity index is 748. The van der Waals surface area contributed by atoms with Crippen molar-refractivity contribution in [3.05, 3.63) is 59.7 Å². The van der Waals surface area contributed by atoms with Crippen LogP contribution in [-0.2, 0) is 12.8 Å². The van der Waals surface area contributed by atoms with E-state index in [1.165, 1.54) is 11.1 Å². The molecule has 2 aliphatic rings. The van der Waals surface area contributed by atoms with Crippen LogP contribution in [0.25, 0.3) is 0 Å². The molecule has 0 spiro atoms. The Labute approximate surface area is 156 Å². The normalized spacial score (nSPS) is 18.0. The molecule has 1 fully saturated rings. The molecule has 26 heavy (non-hydrogen) atoms. The number of fused-ring (bicyclic) bond motifs is 2. The minimum Gasteiger partial charge on any atom is -0.324 e. The van der Waals surface area contributed by atoms with Gasteiger partial charge in [-0.3, -0.25) is 4.90 Å². The van der Waals surface area contributed by atoms with E-state index in [0.717, 1.165) is 50.1 Å². The van der Waals surface area contributed by atoms with Gasteiger partial charge in [0.15, 0.2) is 0 Å². The van der Waals surface area contributed by atoms with Gasteiger partial charge in [0.1, 0.15) is 0 Å². The predicted molar refractivity (Wildman–Crippen MR) is 106 cm³/mol. The van der Waals surface area contributed by atoms with Crippen molar-refractivity contribution in [3.63, 3.8) is 0 Å². The van der Waals surface area contributed by atoms with Crippen LogP contribution < -0.4 is 4.90 Å². The summed E-state index contributed by atoms with van der Waals surface area (Å²) in [4.78, 5) is 19.8. The number of anilines is 2. The highest BCUT2D eigenvalue weighted by Crippen LogP contribution is 2.37. The molecule has 0 unspecified atom stereocenters. The van der Waals surface area contributed by atoms with E-state index in [1.54, 1.807) is 0 Å². The maximum atomic E-state index is 13.6. The average molecular weight is 349 g/mol. The van der Waals surface area contributed by atoms with Gasteiger partial charge in [0.05, 0.1) is 11.4 Å². The van der Waals surface area contributed by atoms with Crippen molar-refractivity contribution in [1.82, 2.24) is 9.80 Å². The number of nitrogens with zero attached hydrogens (tertiary/aromatic N) is 3. The molecule has 2 amide bonds. The number of rotatable bonds is 1. The standard InChI is InChI=1S/C22H27N3O/c1-23-15-13-19(14-16-23)24(2)22(26)25-20-9-5-3-7-17(20)11-12-18-8-4-6-10-21(18)25/h3-10,19H,11-16H2,1-2H3. The summed E-state index contributed by atoms with van der Waals surface area (Å²) in [5.41, 5.74) is 4.55. The number of carbonyl (C=O) groups excluding carboxylic acids is 1. The molecular weight excluding hydrogens is 322 g/mol. The number of likely N-dealkylation sites (tertiary alicyclic amines) is 1. The number of hydrogen-bond acceptors (Lipinski definition) is 2. The zero-order chi connectivity index (χ0) is 18.1. The minimum atomic E-state index is 0.0846. The second-order valence-electron chi connectivity index (χ2n) is 7.52. The van der Waals surface area contributed by atoms with Gasteiger partial charge in [-0.25, -0.2) is 4.79 Å². The molecule has 4 nitrogen and oxygen atoms in total. The Morgan fingerprint density at radius 1 is 0.923 bits per heavy atom. The van der Waals surface area contributed by atoms with Crippen LogP contribution in [0.3, 0.4) is 0 Å². The van der Waals surface area contributed by atoms with Crippen LogP contribution in [-0.4, -0.2) is 49.1 Å². The Balaban J connectivity index is 1.71. The maximum Gasteiger partial charge on any atom is 0.329 e. The number of piperidine rings is 1. The molecule has 4 rings (SSSR count). The Morgan fingerprint density at radius 3 is 1.96 bits per heavy atom. The van der Waals surface area contributed by atoms with Gasteiger partial charge in [-0.05, 0) is 69.1 Å². The van der Waals surface area contributed by atoms with Crippen LogP contribution >= 0.6 is 0 Å². The molecule has 0 aromatic heterocycles. The van der Waals surface area contributed by atoms with Crippen LogP contribution in [0.4, 0.5) is 16.2 Å². The highest BCUT2D eigenvalue weighted by atomic mass is 16.2. The lowest BCUT2D eigenvalue weighted by Crippen LogP contribution is -2.48. The van der Waals surface area contributed by atoms with Gasteiger partial charge in [0.25, 0.3) is 0 Å². The average Bonchev–Trinajstić information content (AvgIpc) is 2.84. The first-order chi connectivity index (χ1) is 12.6. The molecule has 2 aromatic rings. The number of amides is 2. The molecule has 1 saturated heterocycles. The lowest BCUT2D eigenvalue weighted by molar-refractivity contribution is 0.153. The minimum absolute atomic E-state index is 0.0846. The fourth-order valence-electron chi connectivity index (χ4n) is 4.18. The Morgan fingerprint density at radius 2 is 1.42 bits per heavy atom. The third-order valence-corrected chi connectivity index (χ3v) is 5.86. The zero-order valence-corrected chi connectivity index (χ0v) is 15.7. The van der Waals surface area contributed by atoms with E-state index in [2.05, 4.69) is 48.3 Å².